The first-order valence-electron chi connectivity index (χ1n) is 9.10. The van der Waals surface area contributed by atoms with Crippen LogP contribution in [0.1, 0.15) is 42.0 Å². The van der Waals surface area contributed by atoms with E-state index in [2.05, 4.69) is 5.10 Å². The second-order valence-electron chi connectivity index (χ2n) is 6.83. The molecule has 0 unspecified atom stereocenters. The third-order valence-corrected chi connectivity index (χ3v) is 4.96. The number of carbonyl (C=O) groups is 2. The summed E-state index contributed by atoms with van der Waals surface area (Å²) in [4.78, 5) is 23.6. The van der Waals surface area contributed by atoms with Crippen molar-refractivity contribution in [2.45, 2.75) is 32.2 Å². The van der Waals surface area contributed by atoms with E-state index in [1.54, 1.807) is 0 Å². The molecule has 2 aliphatic rings. The molecule has 0 saturated heterocycles. The average Bonchev–Trinajstić information content (AvgIpc) is 3.32. The second-order valence-corrected chi connectivity index (χ2v) is 6.83. The highest BCUT2D eigenvalue weighted by molar-refractivity contribution is 6.04. The van der Waals surface area contributed by atoms with Crippen molar-refractivity contribution in [2.24, 2.45) is 5.10 Å². The number of carbonyl (C=O) groups excluding carboxylic acids is 1. The van der Waals surface area contributed by atoms with Crippen molar-refractivity contribution >= 4 is 17.6 Å². The molecule has 2 aromatic carbocycles. The minimum Gasteiger partial charge on any atom is -0.481 e. The van der Waals surface area contributed by atoms with Gasteiger partial charge in [0.15, 0.2) is 11.5 Å². The van der Waals surface area contributed by atoms with Crippen LogP contribution in [0, 0.1) is 6.92 Å². The molecule has 0 saturated carbocycles. The van der Waals surface area contributed by atoms with E-state index in [-0.39, 0.29) is 31.6 Å². The molecule has 2 aliphatic heterocycles. The van der Waals surface area contributed by atoms with E-state index in [0.29, 0.717) is 17.9 Å². The Bertz CT molecular complexity index is 969. The summed E-state index contributed by atoms with van der Waals surface area (Å²) in [6, 6.07) is 13.1. The normalized spacial score (nSPS) is 17.5. The van der Waals surface area contributed by atoms with E-state index in [1.165, 1.54) is 5.01 Å². The number of ether oxygens (including phenoxy) is 2. The molecule has 0 aliphatic carbocycles. The Balaban J connectivity index is 1.67. The second kappa shape index (κ2) is 7.34. The number of aliphatic carboxylic acids is 1. The SMILES string of the molecule is Cc1ccccc1C1=NN(C(=O)CCC(=O)O)[C@H](c2ccc3c(c2)OCO3)C1. The molecule has 7 heteroatoms. The predicted octanol–water partition coefficient (Wildman–Crippen LogP) is 3.27. The topological polar surface area (TPSA) is 88.4 Å². The molecule has 0 aromatic heterocycles. The molecule has 1 N–H and O–H groups in total. The molecule has 144 valence electrons. The Kier molecular flexibility index (Phi) is 4.73. The van der Waals surface area contributed by atoms with Gasteiger partial charge < -0.3 is 14.6 Å². The van der Waals surface area contributed by atoms with E-state index < -0.39 is 5.97 Å². The number of carboxylic acid groups (broad SMARTS) is 1. The zero-order valence-corrected chi connectivity index (χ0v) is 15.4. The van der Waals surface area contributed by atoms with Crippen LogP contribution in [0.3, 0.4) is 0 Å². The van der Waals surface area contributed by atoms with Gasteiger partial charge in [0.25, 0.3) is 0 Å². The molecular formula is C21H20N2O5. The van der Waals surface area contributed by atoms with Crippen LogP contribution in [0.4, 0.5) is 0 Å². The number of benzene rings is 2. The molecule has 1 atom stereocenters. The zero-order chi connectivity index (χ0) is 19.7. The number of aryl methyl sites for hydroxylation is 1. The average molecular weight is 380 g/mol. The van der Waals surface area contributed by atoms with Crippen LogP contribution in [-0.4, -0.2) is 34.5 Å². The third kappa shape index (κ3) is 3.43. The third-order valence-electron chi connectivity index (χ3n) is 4.96. The van der Waals surface area contributed by atoms with Crippen molar-refractivity contribution in [1.29, 1.82) is 0 Å². The van der Waals surface area contributed by atoms with Crippen molar-refractivity contribution in [3.05, 3.63) is 59.2 Å². The number of nitrogens with zero attached hydrogens (tertiary/aromatic N) is 2. The maximum atomic E-state index is 12.7. The van der Waals surface area contributed by atoms with Gasteiger partial charge in [0.2, 0.25) is 12.7 Å². The van der Waals surface area contributed by atoms with Gasteiger partial charge in [0.1, 0.15) is 0 Å². The number of carboxylic acids is 1. The maximum absolute atomic E-state index is 12.7. The van der Waals surface area contributed by atoms with Crippen LogP contribution in [0.5, 0.6) is 11.5 Å². The smallest absolute Gasteiger partial charge is 0.303 e. The van der Waals surface area contributed by atoms with Gasteiger partial charge in [-0.25, -0.2) is 5.01 Å². The molecule has 0 fully saturated rings. The van der Waals surface area contributed by atoms with Gasteiger partial charge >= 0.3 is 5.97 Å². The Morgan fingerprint density at radius 2 is 1.93 bits per heavy atom. The molecule has 2 aromatic rings. The first-order chi connectivity index (χ1) is 13.5. The summed E-state index contributed by atoms with van der Waals surface area (Å²) in [6.45, 7) is 2.18. The Labute approximate surface area is 162 Å². The molecule has 4 rings (SSSR count). The lowest BCUT2D eigenvalue weighted by atomic mass is 9.96. The molecule has 7 nitrogen and oxygen atoms in total. The standard InChI is InChI=1S/C21H20N2O5/c1-13-4-2-3-5-15(13)16-11-17(23(22-16)20(24)8-9-21(25)26)14-6-7-18-19(10-14)28-12-27-18/h2-7,10,17H,8-9,11-12H2,1H3,(H,25,26)/t17-/m0/s1. The van der Waals surface area contributed by atoms with Crippen LogP contribution in [0.15, 0.2) is 47.6 Å². The summed E-state index contributed by atoms with van der Waals surface area (Å²) in [6.07, 6.45) is 0.225. The van der Waals surface area contributed by atoms with Gasteiger partial charge in [-0.1, -0.05) is 30.3 Å². The number of fused-ring (bicyclic) bond motifs is 1. The van der Waals surface area contributed by atoms with E-state index in [4.69, 9.17) is 14.6 Å². The minimum atomic E-state index is -1.00. The van der Waals surface area contributed by atoms with Crippen molar-refractivity contribution in [3.63, 3.8) is 0 Å². The molecule has 28 heavy (non-hydrogen) atoms. The van der Waals surface area contributed by atoms with Gasteiger partial charge in [0, 0.05) is 18.4 Å². The first-order valence-corrected chi connectivity index (χ1v) is 9.10. The summed E-state index contributed by atoms with van der Waals surface area (Å²) in [7, 11) is 0. The summed E-state index contributed by atoms with van der Waals surface area (Å²) >= 11 is 0. The van der Waals surface area contributed by atoms with Crippen molar-refractivity contribution in [2.75, 3.05) is 6.79 Å². The highest BCUT2D eigenvalue weighted by atomic mass is 16.7. The van der Waals surface area contributed by atoms with Gasteiger partial charge in [-0.3, -0.25) is 9.59 Å². The highest BCUT2D eigenvalue weighted by Gasteiger charge is 2.34. The quantitative estimate of drug-likeness (QED) is 0.860. The lowest BCUT2D eigenvalue weighted by Crippen LogP contribution is -2.27. The van der Waals surface area contributed by atoms with Gasteiger partial charge in [-0.05, 0) is 30.2 Å². The van der Waals surface area contributed by atoms with Gasteiger partial charge in [0.05, 0.1) is 18.2 Å². The summed E-state index contributed by atoms with van der Waals surface area (Å²) in [5.74, 6) is -0.00532. The van der Waals surface area contributed by atoms with E-state index in [0.717, 1.165) is 22.4 Å². The van der Waals surface area contributed by atoms with Gasteiger partial charge in [-0.15, -0.1) is 0 Å². The number of rotatable bonds is 5. The summed E-state index contributed by atoms with van der Waals surface area (Å²) < 4.78 is 10.8. The Hall–Kier alpha value is -3.35. The van der Waals surface area contributed by atoms with Crippen LogP contribution >= 0.6 is 0 Å². The molecule has 1 amide bonds. The first kappa shape index (κ1) is 18.0. The fraction of sp³-hybridized carbons (Fsp3) is 0.286. The molecule has 0 bridgehead atoms. The van der Waals surface area contributed by atoms with E-state index in [9.17, 15) is 9.59 Å². The molecule has 0 radical (unpaired) electrons. The highest BCUT2D eigenvalue weighted by Crippen LogP contribution is 2.39. The predicted molar refractivity (Wildman–Crippen MR) is 101 cm³/mol. The fourth-order valence-corrected chi connectivity index (χ4v) is 3.51. The van der Waals surface area contributed by atoms with Crippen LogP contribution in [-0.2, 0) is 9.59 Å². The molecule has 0 spiro atoms. The number of hydrazone groups is 1. The van der Waals surface area contributed by atoms with Crippen LogP contribution in [0.2, 0.25) is 0 Å². The number of hydrogen-bond acceptors (Lipinski definition) is 5. The van der Waals surface area contributed by atoms with Crippen LogP contribution < -0.4 is 9.47 Å². The van der Waals surface area contributed by atoms with Crippen molar-refractivity contribution in [3.8, 4) is 11.5 Å². The monoisotopic (exact) mass is 380 g/mol. The molecular weight excluding hydrogens is 360 g/mol. The maximum Gasteiger partial charge on any atom is 0.303 e. The van der Waals surface area contributed by atoms with Crippen LogP contribution in [0.25, 0.3) is 0 Å². The Morgan fingerprint density at radius 3 is 2.71 bits per heavy atom. The van der Waals surface area contributed by atoms with Gasteiger partial charge in [-0.2, -0.15) is 5.10 Å². The zero-order valence-electron chi connectivity index (χ0n) is 15.4. The lowest BCUT2D eigenvalue weighted by Gasteiger charge is -2.22. The van der Waals surface area contributed by atoms with Crippen molar-refractivity contribution in [1.82, 2.24) is 5.01 Å². The lowest BCUT2D eigenvalue weighted by molar-refractivity contribution is -0.141. The van der Waals surface area contributed by atoms with E-state index in [1.807, 2.05) is 49.4 Å². The summed E-state index contributed by atoms with van der Waals surface area (Å²) in [5, 5.41) is 14.9. The fourth-order valence-electron chi connectivity index (χ4n) is 3.51. The molecule has 2 heterocycles. The Morgan fingerprint density at radius 1 is 1.14 bits per heavy atom. The minimum absolute atomic E-state index is 0.0963. The summed E-state index contributed by atoms with van der Waals surface area (Å²) in [5.41, 5.74) is 3.75. The largest absolute Gasteiger partial charge is 0.481 e. The number of hydrogen-bond donors (Lipinski definition) is 1. The number of amides is 1. The van der Waals surface area contributed by atoms with E-state index >= 15 is 0 Å². The van der Waals surface area contributed by atoms with Crippen molar-refractivity contribution < 1.29 is 24.2 Å².